The number of benzene rings is 1. The van der Waals surface area contributed by atoms with Crippen molar-refractivity contribution in [1.29, 1.82) is 0 Å². The van der Waals surface area contributed by atoms with Gasteiger partial charge in [-0.2, -0.15) is 0 Å². The smallest absolute Gasteiger partial charge is 0.335 e. The zero-order valence-electron chi connectivity index (χ0n) is 10.8. The van der Waals surface area contributed by atoms with Crippen LogP contribution in [0.15, 0.2) is 24.3 Å². The number of aromatic carboxylic acids is 1. The van der Waals surface area contributed by atoms with Gasteiger partial charge in [-0.3, -0.25) is 0 Å². The Balaban J connectivity index is 1.91. The third-order valence-electron chi connectivity index (χ3n) is 3.24. The molecule has 1 aromatic rings. The van der Waals surface area contributed by atoms with Crippen molar-refractivity contribution >= 4 is 16.0 Å². The average molecular weight is 299 g/mol. The summed E-state index contributed by atoms with van der Waals surface area (Å²) >= 11 is 0. The number of carboxylic acids is 1. The predicted octanol–water partition coefficient (Wildman–Crippen LogP) is 0.575. The summed E-state index contributed by atoms with van der Waals surface area (Å²) in [6.45, 7) is 0.0280. The Labute approximate surface area is 117 Å². The molecule has 7 heteroatoms. The number of rotatable bonds is 7. The number of aliphatic hydroxyl groups excluding tert-OH is 1. The molecule has 3 N–H and O–H groups in total. The van der Waals surface area contributed by atoms with E-state index in [-0.39, 0.29) is 23.8 Å². The molecule has 1 aliphatic carbocycles. The standard InChI is InChI=1S/C13H17NO5S/c15-12(10-5-6-10)7-14-20(18,19)8-9-1-3-11(4-2-9)13(16)17/h1-4,10,12,14-15H,5-8H2,(H,16,17). The maximum atomic E-state index is 11.8. The molecule has 0 spiro atoms. The summed E-state index contributed by atoms with van der Waals surface area (Å²) < 4.78 is 26.0. The van der Waals surface area contributed by atoms with E-state index in [1.807, 2.05) is 0 Å². The van der Waals surface area contributed by atoms with Crippen LogP contribution in [0.1, 0.15) is 28.8 Å². The number of aliphatic hydroxyl groups is 1. The number of carboxylic acid groups (broad SMARTS) is 1. The van der Waals surface area contributed by atoms with Gasteiger partial charge in [-0.25, -0.2) is 17.9 Å². The highest BCUT2D eigenvalue weighted by Gasteiger charge is 2.30. The number of hydrogen-bond donors (Lipinski definition) is 3. The molecular weight excluding hydrogens is 282 g/mol. The molecule has 2 rings (SSSR count). The molecule has 0 amide bonds. The van der Waals surface area contributed by atoms with Gasteiger partial charge in [0.1, 0.15) is 0 Å². The van der Waals surface area contributed by atoms with E-state index >= 15 is 0 Å². The topological polar surface area (TPSA) is 104 Å². The zero-order valence-corrected chi connectivity index (χ0v) is 11.6. The van der Waals surface area contributed by atoms with Crippen LogP contribution in [0.3, 0.4) is 0 Å². The monoisotopic (exact) mass is 299 g/mol. The zero-order chi connectivity index (χ0) is 14.8. The van der Waals surface area contributed by atoms with Crippen molar-refractivity contribution in [3.63, 3.8) is 0 Å². The van der Waals surface area contributed by atoms with Crippen LogP contribution < -0.4 is 4.72 Å². The molecule has 6 nitrogen and oxygen atoms in total. The van der Waals surface area contributed by atoms with Gasteiger partial charge in [0.15, 0.2) is 0 Å². The SMILES string of the molecule is O=C(O)c1ccc(CS(=O)(=O)NCC(O)C2CC2)cc1. The summed E-state index contributed by atoms with van der Waals surface area (Å²) in [5.74, 6) is -1.07. The Hall–Kier alpha value is -1.44. The lowest BCUT2D eigenvalue weighted by molar-refractivity contribution is 0.0697. The summed E-state index contributed by atoms with van der Waals surface area (Å²) in [7, 11) is -3.53. The normalized spacial score (nSPS) is 16.9. The lowest BCUT2D eigenvalue weighted by Crippen LogP contribution is -2.33. The molecule has 0 radical (unpaired) electrons. The van der Waals surface area contributed by atoms with Crippen molar-refractivity contribution in [2.75, 3.05) is 6.54 Å². The first-order valence-corrected chi connectivity index (χ1v) is 8.00. The molecule has 0 saturated heterocycles. The molecule has 0 bridgehead atoms. The molecule has 1 aliphatic rings. The fraction of sp³-hybridized carbons (Fsp3) is 0.462. The number of hydrogen-bond acceptors (Lipinski definition) is 4. The highest BCUT2D eigenvalue weighted by molar-refractivity contribution is 7.88. The first-order valence-electron chi connectivity index (χ1n) is 6.35. The third kappa shape index (κ3) is 4.29. The van der Waals surface area contributed by atoms with Crippen LogP contribution >= 0.6 is 0 Å². The van der Waals surface area contributed by atoms with E-state index in [1.165, 1.54) is 24.3 Å². The number of sulfonamides is 1. The Kier molecular flexibility index (Phi) is 4.42. The maximum absolute atomic E-state index is 11.8. The van der Waals surface area contributed by atoms with E-state index in [1.54, 1.807) is 0 Å². The Morgan fingerprint density at radius 2 is 1.90 bits per heavy atom. The molecule has 0 aromatic heterocycles. The van der Waals surface area contributed by atoms with Crippen LogP contribution in [0.2, 0.25) is 0 Å². The molecule has 0 aliphatic heterocycles. The molecule has 1 unspecified atom stereocenters. The minimum atomic E-state index is -3.53. The van der Waals surface area contributed by atoms with Crippen LogP contribution in [0.25, 0.3) is 0 Å². The van der Waals surface area contributed by atoms with Crippen molar-refractivity contribution in [3.8, 4) is 0 Å². The lowest BCUT2D eigenvalue weighted by Gasteiger charge is -2.11. The Morgan fingerprint density at radius 1 is 1.30 bits per heavy atom. The molecule has 110 valence electrons. The van der Waals surface area contributed by atoms with E-state index in [0.717, 1.165) is 12.8 Å². The van der Waals surface area contributed by atoms with Gasteiger partial charge in [-0.1, -0.05) is 12.1 Å². The van der Waals surface area contributed by atoms with Crippen LogP contribution in [-0.4, -0.2) is 37.2 Å². The van der Waals surface area contributed by atoms with Crippen molar-refractivity contribution in [1.82, 2.24) is 4.72 Å². The number of carbonyl (C=O) groups is 1. The summed E-state index contributed by atoms with van der Waals surface area (Å²) in [5, 5.41) is 18.4. The van der Waals surface area contributed by atoms with E-state index in [0.29, 0.717) is 5.56 Å². The van der Waals surface area contributed by atoms with Gasteiger partial charge < -0.3 is 10.2 Å². The minimum Gasteiger partial charge on any atom is -0.478 e. The van der Waals surface area contributed by atoms with Gasteiger partial charge in [-0.05, 0) is 36.5 Å². The molecule has 1 aromatic carbocycles. The van der Waals surface area contributed by atoms with Crippen LogP contribution in [0.5, 0.6) is 0 Å². The molecule has 20 heavy (non-hydrogen) atoms. The lowest BCUT2D eigenvalue weighted by atomic mass is 10.1. The quantitative estimate of drug-likeness (QED) is 0.683. The summed E-state index contributed by atoms with van der Waals surface area (Å²) in [4.78, 5) is 10.7. The predicted molar refractivity (Wildman–Crippen MR) is 72.8 cm³/mol. The molecule has 1 saturated carbocycles. The van der Waals surface area contributed by atoms with Crippen LogP contribution in [-0.2, 0) is 15.8 Å². The van der Waals surface area contributed by atoms with Gasteiger partial charge in [0.2, 0.25) is 10.0 Å². The highest BCUT2D eigenvalue weighted by Crippen LogP contribution is 2.32. The first-order chi connectivity index (χ1) is 9.37. The third-order valence-corrected chi connectivity index (χ3v) is 4.56. The minimum absolute atomic E-state index is 0.0280. The number of nitrogens with one attached hydrogen (secondary N) is 1. The van der Waals surface area contributed by atoms with E-state index < -0.39 is 22.1 Å². The summed E-state index contributed by atoms with van der Waals surface area (Å²) in [5.41, 5.74) is 0.617. The highest BCUT2D eigenvalue weighted by atomic mass is 32.2. The van der Waals surface area contributed by atoms with Gasteiger partial charge in [0.25, 0.3) is 0 Å². The van der Waals surface area contributed by atoms with Crippen molar-refractivity contribution < 1.29 is 23.4 Å². The maximum Gasteiger partial charge on any atom is 0.335 e. The Morgan fingerprint density at radius 3 is 2.40 bits per heavy atom. The fourth-order valence-corrected chi connectivity index (χ4v) is 3.03. The largest absolute Gasteiger partial charge is 0.478 e. The van der Waals surface area contributed by atoms with Gasteiger partial charge in [0.05, 0.1) is 17.4 Å². The van der Waals surface area contributed by atoms with Gasteiger partial charge in [0, 0.05) is 6.54 Å². The van der Waals surface area contributed by atoms with Crippen LogP contribution in [0, 0.1) is 5.92 Å². The van der Waals surface area contributed by atoms with E-state index in [9.17, 15) is 18.3 Å². The molecule has 0 heterocycles. The second-order valence-electron chi connectivity index (χ2n) is 5.01. The average Bonchev–Trinajstić information content (AvgIpc) is 3.20. The summed E-state index contributed by atoms with van der Waals surface area (Å²) in [6.07, 6.45) is 1.26. The molecule has 1 atom stereocenters. The fourth-order valence-electron chi connectivity index (χ4n) is 1.87. The van der Waals surface area contributed by atoms with Crippen molar-refractivity contribution in [3.05, 3.63) is 35.4 Å². The molecular formula is C13H17NO5S. The second kappa shape index (κ2) is 5.90. The van der Waals surface area contributed by atoms with E-state index in [4.69, 9.17) is 5.11 Å². The second-order valence-corrected chi connectivity index (χ2v) is 6.82. The Bertz CT molecular complexity index is 577. The van der Waals surface area contributed by atoms with Crippen molar-refractivity contribution in [2.24, 2.45) is 5.92 Å². The first kappa shape index (κ1) is 15.0. The van der Waals surface area contributed by atoms with Gasteiger partial charge in [-0.15, -0.1) is 0 Å². The van der Waals surface area contributed by atoms with E-state index in [2.05, 4.69) is 4.72 Å². The van der Waals surface area contributed by atoms with Crippen molar-refractivity contribution in [2.45, 2.75) is 24.7 Å². The summed E-state index contributed by atoms with van der Waals surface area (Å²) in [6, 6.07) is 5.68. The molecule has 1 fully saturated rings. The van der Waals surface area contributed by atoms with Gasteiger partial charge >= 0.3 is 5.97 Å². The van der Waals surface area contributed by atoms with Crippen LogP contribution in [0.4, 0.5) is 0 Å².